The van der Waals surface area contributed by atoms with E-state index in [-0.39, 0.29) is 0 Å². The Morgan fingerprint density at radius 1 is 1.08 bits per heavy atom. The molecule has 0 radical (unpaired) electrons. The molecule has 0 amide bonds. The monoisotopic (exact) mass is 336 g/mol. The van der Waals surface area contributed by atoms with E-state index in [1.807, 2.05) is 41.2 Å². The van der Waals surface area contributed by atoms with Gasteiger partial charge in [0.15, 0.2) is 5.65 Å². The van der Waals surface area contributed by atoms with Crippen molar-refractivity contribution < 1.29 is 0 Å². The average molecular weight is 336 g/mol. The van der Waals surface area contributed by atoms with Gasteiger partial charge in [-0.05, 0) is 38.8 Å². The van der Waals surface area contributed by atoms with Crippen LogP contribution in [0.3, 0.4) is 0 Å². The molecule has 0 spiro atoms. The second-order valence-corrected chi connectivity index (χ2v) is 6.90. The number of benzene rings is 1. The molecule has 0 saturated carbocycles. The van der Waals surface area contributed by atoms with Crippen molar-refractivity contribution in [1.82, 2.24) is 24.6 Å². The number of anilines is 1. The molecule has 1 aromatic carbocycles. The fourth-order valence-corrected chi connectivity index (χ4v) is 3.47. The molecule has 1 aliphatic heterocycles. The number of piperidine rings is 1. The smallest absolute Gasteiger partial charge is 0.168 e. The second-order valence-electron chi connectivity index (χ2n) is 6.90. The molecule has 1 saturated heterocycles. The van der Waals surface area contributed by atoms with Crippen LogP contribution in [-0.4, -0.2) is 49.8 Å². The third-order valence-electron chi connectivity index (χ3n) is 4.97. The average Bonchev–Trinajstić information content (AvgIpc) is 3.08. The standard InChI is InChI=1S/C19H24N6/c1-14(2)24-10-8-15(9-11-24)23-18-17-12-22-25(19(17)21-13-20-18)16-6-4-3-5-7-16/h3-7,12-15H,8-11H2,1-2H3,(H,20,21,23). The van der Waals surface area contributed by atoms with Gasteiger partial charge >= 0.3 is 0 Å². The van der Waals surface area contributed by atoms with E-state index in [1.54, 1.807) is 6.33 Å². The highest BCUT2D eigenvalue weighted by Crippen LogP contribution is 2.24. The Morgan fingerprint density at radius 3 is 2.56 bits per heavy atom. The largest absolute Gasteiger partial charge is 0.367 e. The van der Waals surface area contributed by atoms with Crippen molar-refractivity contribution in [3.8, 4) is 5.69 Å². The highest BCUT2D eigenvalue weighted by atomic mass is 15.3. The maximum atomic E-state index is 4.52. The van der Waals surface area contributed by atoms with E-state index in [4.69, 9.17) is 0 Å². The summed E-state index contributed by atoms with van der Waals surface area (Å²) in [6.45, 7) is 6.79. The number of nitrogens with one attached hydrogen (secondary N) is 1. The van der Waals surface area contributed by atoms with Crippen LogP contribution in [0.5, 0.6) is 0 Å². The van der Waals surface area contributed by atoms with Gasteiger partial charge in [-0.2, -0.15) is 5.10 Å². The molecule has 0 unspecified atom stereocenters. The Kier molecular flexibility index (Phi) is 4.36. The van der Waals surface area contributed by atoms with Gasteiger partial charge in [0, 0.05) is 25.2 Å². The van der Waals surface area contributed by atoms with Gasteiger partial charge in [0.25, 0.3) is 0 Å². The number of likely N-dealkylation sites (tertiary alicyclic amines) is 1. The maximum absolute atomic E-state index is 4.52. The number of hydrogen-bond acceptors (Lipinski definition) is 5. The second kappa shape index (κ2) is 6.80. The lowest BCUT2D eigenvalue weighted by atomic mass is 10.0. The zero-order chi connectivity index (χ0) is 17.2. The van der Waals surface area contributed by atoms with Crippen molar-refractivity contribution in [3.63, 3.8) is 0 Å². The predicted molar refractivity (Wildman–Crippen MR) is 100 cm³/mol. The van der Waals surface area contributed by atoms with Gasteiger partial charge in [-0.3, -0.25) is 0 Å². The molecule has 3 aromatic rings. The lowest BCUT2D eigenvalue weighted by Crippen LogP contribution is -2.42. The Balaban J connectivity index is 1.56. The fraction of sp³-hybridized carbons (Fsp3) is 0.421. The van der Waals surface area contributed by atoms with Crippen LogP contribution in [0, 0.1) is 0 Å². The zero-order valence-corrected chi connectivity index (χ0v) is 14.8. The summed E-state index contributed by atoms with van der Waals surface area (Å²) in [5, 5.41) is 9.11. The lowest BCUT2D eigenvalue weighted by molar-refractivity contribution is 0.177. The Bertz CT molecular complexity index is 834. The van der Waals surface area contributed by atoms with E-state index in [9.17, 15) is 0 Å². The minimum absolute atomic E-state index is 0.452. The van der Waals surface area contributed by atoms with Crippen molar-refractivity contribution in [3.05, 3.63) is 42.9 Å². The molecule has 0 aliphatic carbocycles. The first-order valence-electron chi connectivity index (χ1n) is 8.97. The summed E-state index contributed by atoms with van der Waals surface area (Å²) >= 11 is 0. The quantitative estimate of drug-likeness (QED) is 0.793. The van der Waals surface area contributed by atoms with Gasteiger partial charge in [0.05, 0.1) is 17.3 Å². The molecule has 1 N–H and O–H groups in total. The number of hydrogen-bond donors (Lipinski definition) is 1. The molecule has 0 atom stereocenters. The highest BCUT2D eigenvalue weighted by Gasteiger charge is 2.22. The highest BCUT2D eigenvalue weighted by molar-refractivity contribution is 5.87. The first-order chi connectivity index (χ1) is 12.2. The number of fused-ring (bicyclic) bond motifs is 1. The molecular weight excluding hydrogens is 312 g/mol. The van der Waals surface area contributed by atoms with Crippen molar-refractivity contribution in [1.29, 1.82) is 0 Å². The molecule has 25 heavy (non-hydrogen) atoms. The van der Waals surface area contributed by atoms with Crippen molar-refractivity contribution >= 4 is 16.9 Å². The van der Waals surface area contributed by atoms with Gasteiger partial charge in [-0.15, -0.1) is 0 Å². The molecule has 0 bridgehead atoms. The summed E-state index contributed by atoms with van der Waals surface area (Å²) in [7, 11) is 0. The van der Waals surface area contributed by atoms with Crippen molar-refractivity contribution in [2.75, 3.05) is 18.4 Å². The van der Waals surface area contributed by atoms with E-state index < -0.39 is 0 Å². The van der Waals surface area contributed by atoms with Crippen LogP contribution in [0.2, 0.25) is 0 Å². The Labute approximate surface area is 147 Å². The summed E-state index contributed by atoms with van der Waals surface area (Å²) in [6.07, 6.45) is 5.75. The van der Waals surface area contributed by atoms with Crippen LogP contribution in [0.15, 0.2) is 42.9 Å². The van der Waals surface area contributed by atoms with Gasteiger partial charge < -0.3 is 10.2 Å². The summed E-state index contributed by atoms with van der Waals surface area (Å²) in [5.74, 6) is 0.884. The van der Waals surface area contributed by atoms with Gasteiger partial charge in [-0.25, -0.2) is 14.6 Å². The number of aromatic nitrogens is 4. The SMILES string of the molecule is CC(C)N1CCC(Nc2ncnc3c2cnn3-c2ccccc2)CC1. The first kappa shape index (κ1) is 16.0. The van der Waals surface area contributed by atoms with E-state index >= 15 is 0 Å². The molecule has 2 aromatic heterocycles. The summed E-state index contributed by atoms with van der Waals surface area (Å²) in [4.78, 5) is 11.4. The minimum atomic E-state index is 0.452. The third-order valence-corrected chi connectivity index (χ3v) is 4.97. The summed E-state index contributed by atoms with van der Waals surface area (Å²) < 4.78 is 1.86. The molecule has 6 nitrogen and oxygen atoms in total. The van der Waals surface area contributed by atoms with Crippen LogP contribution >= 0.6 is 0 Å². The van der Waals surface area contributed by atoms with Crippen LogP contribution in [0.1, 0.15) is 26.7 Å². The summed E-state index contributed by atoms with van der Waals surface area (Å²) in [5.41, 5.74) is 1.84. The minimum Gasteiger partial charge on any atom is -0.367 e. The maximum Gasteiger partial charge on any atom is 0.168 e. The van der Waals surface area contributed by atoms with Gasteiger partial charge in [-0.1, -0.05) is 18.2 Å². The number of rotatable bonds is 4. The molecule has 1 fully saturated rings. The Hall–Kier alpha value is -2.47. The Morgan fingerprint density at radius 2 is 1.84 bits per heavy atom. The van der Waals surface area contributed by atoms with Crippen molar-refractivity contribution in [2.24, 2.45) is 0 Å². The lowest BCUT2D eigenvalue weighted by Gasteiger charge is -2.35. The molecule has 4 rings (SSSR count). The number of para-hydroxylation sites is 1. The van der Waals surface area contributed by atoms with Crippen LogP contribution in [0.25, 0.3) is 16.7 Å². The zero-order valence-electron chi connectivity index (χ0n) is 14.8. The van der Waals surface area contributed by atoms with Crippen LogP contribution < -0.4 is 5.32 Å². The fourth-order valence-electron chi connectivity index (χ4n) is 3.47. The molecule has 130 valence electrons. The topological polar surface area (TPSA) is 58.9 Å². The summed E-state index contributed by atoms with van der Waals surface area (Å²) in [6, 6.07) is 11.1. The van der Waals surface area contributed by atoms with E-state index in [0.29, 0.717) is 12.1 Å². The van der Waals surface area contributed by atoms with Crippen molar-refractivity contribution in [2.45, 2.75) is 38.8 Å². The van der Waals surface area contributed by atoms with Gasteiger partial charge in [0.2, 0.25) is 0 Å². The molecule has 3 heterocycles. The number of nitrogens with zero attached hydrogens (tertiary/aromatic N) is 5. The predicted octanol–water partition coefficient (Wildman–Crippen LogP) is 3.10. The van der Waals surface area contributed by atoms with Crippen LogP contribution in [-0.2, 0) is 0 Å². The van der Waals surface area contributed by atoms with E-state index in [0.717, 1.165) is 48.5 Å². The molecular formula is C19H24N6. The molecule has 1 aliphatic rings. The third kappa shape index (κ3) is 3.22. The normalized spacial score (nSPS) is 16.6. The van der Waals surface area contributed by atoms with E-state index in [2.05, 4.69) is 39.1 Å². The molecule has 6 heteroatoms. The van der Waals surface area contributed by atoms with E-state index in [1.165, 1.54) is 0 Å². The first-order valence-corrected chi connectivity index (χ1v) is 8.97. The van der Waals surface area contributed by atoms with Gasteiger partial charge in [0.1, 0.15) is 12.1 Å². The van der Waals surface area contributed by atoms with Crippen LogP contribution in [0.4, 0.5) is 5.82 Å².